The van der Waals surface area contributed by atoms with Crippen LogP contribution < -0.4 is 0 Å². The number of halogens is 2. The molecule has 0 aliphatic heterocycles. The zero-order valence-electron chi connectivity index (χ0n) is 8.52. The number of carboxylic acids is 1. The van der Waals surface area contributed by atoms with Gasteiger partial charge in [-0.25, -0.2) is 4.79 Å². The number of carboxylic acid groups (broad SMARTS) is 1. The van der Waals surface area contributed by atoms with Crippen molar-refractivity contribution in [1.29, 1.82) is 0 Å². The van der Waals surface area contributed by atoms with E-state index >= 15 is 0 Å². The van der Waals surface area contributed by atoms with Gasteiger partial charge in [-0.2, -0.15) is 0 Å². The number of pyridine rings is 1. The van der Waals surface area contributed by atoms with Gasteiger partial charge in [-0.3, -0.25) is 4.98 Å². The monoisotopic (exact) mass is 267 g/mol. The number of hydrogen-bond donors (Lipinski definition) is 1. The largest absolute Gasteiger partial charge is 0.478 e. The molecule has 1 aromatic carbocycles. The van der Waals surface area contributed by atoms with Crippen LogP contribution in [0.2, 0.25) is 10.0 Å². The predicted octanol–water partition coefficient (Wildman–Crippen LogP) is 3.64. The molecule has 2 rings (SSSR count). The number of aromatic nitrogens is 1. The first-order chi connectivity index (χ1) is 8.09. The molecule has 2 aromatic rings. The zero-order valence-corrected chi connectivity index (χ0v) is 10.0. The Kier molecular flexibility index (Phi) is 3.31. The Hall–Kier alpha value is -1.58. The topological polar surface area (TPSA) is 50.2 Å². The number of carbonyl (C=O) groups is 1. The average molecular weight is 268 g/mol. The van der Waals surface area contributed by atoms with E-state index in [4.69, 9.17) is 28.3 Å². The van der Waals surface area contributed by atoms with E-state index in [1.54, 1.807) is 24.5 Å². The minimum Gasteiger partial charge on any atom is -0.478 e. The summed E-state index contributed by atoms with van der Waals surface area (Å²) >= 11 is 12.0. The second kappa shape index (κ2) is 4.73. The standard InChI is InChI=1S/C12H7Cl2NO2/c13-10-5-7(1-2-11(16)17)9-6-15-4-3-8(9)12(10)14/h1-6H,(H,16,17)/b2-1+. The normalized spacial score (nSPS) is 11.2. The van der Waals surface area contributed by atoms with Crippen molar-refractivity contribution >= 4 is 46.0 Å². The molecule has 0 spiro atoms. The fourth-order valence-corrected chi connectivity index (χ4v) is 1.96. The van der Waals surface area contributed by atoms with Crippen LogP contribution in [-0.2, 0) is 4.79 Å². The van der Waals surface area contributed by atoms with Crippen LogP contribution in [0.4, 0.5) is 0 Å². The highest BCUT2D eigenvalue weighted by atomic mass is 35.5. The Labute approximate surface area is 107 Å². The number of benzene rings is 1. The summed E-state index contributed by atoms with van der Waals surface area (Å²) in [7, 11) is 0. The molecule has 0 radical (unpaired) electrons. The minimum absolute atomic E-state index is 0.385. The maximum Gasteiger partial charge on any atom is 0.328 e. The smallest absolute Gasteiger partial charge is 0.328 e. The van der Waals surface area contributed by atoms with E-state index in [1.165, 1.54) is 6.08 Å². The van der Waals surface area contributed by atoms with Crippen molar-refractivity contribution in [1.82, 2.24) is 4.98 Å². The van der Waals surface area contributed by atoms with Crippen molar-refractivity contribution < 1.29 is 9.90 Å². The van der Waals surface area contributed by atoms with Gasteiger partial charge in [0, 0.05) is 29.2 Å². The lowest BCUT2D eigenvalue weighted by Gasteiger charge is -2.05. The van der Waals surface area contributed by atoms with Crippen LogP contribution in [0.3, 0.4) is 0 Å². The van der Waals surface area contributed by atoms with E-state index in [9.17, 15) is 4.79 Å². The quantitative estimate of drug-likeness (QED) is 0.846. The number of hydrogen-bond acceptors (Lipinski definition) is 2. The van der Waals surface area contributed by atoms with Crippen molar-refractivity contribution in [3.8, 4) is 0 Å². The summed E-state index contributed by atoms with van der Waals surface area (Å²) in [5.74, 6) is -1.02. The Balaban J connectivity index is 2.71. The lowest BCUT2D eigenvalue weighted by Crippen LogP contribution is -1.87. The van der Waals surface area contributed by atoms with Crippen molar-refractivity contribution in [3.63, 3.8) is 0 Å². The molecular weight excluding hydrogens is 261 g/mol. The first-order valence-corrected chi connectivity index (χ1v) is 5.48. The predicted molar refractivity (Wildman–Crippen MR) is 68.4 cm³/mol. The molecule has 1 aromatic heterocycles. The molecule has 0 bridgehead atoms. The molecule has 0 atom stereocenters. The van der Waals surface area contributed by atoms with Crippen LogP contribution in [-0.4, -0.2) is 16.1 Å². The summed E-state index contributed by atoms with van der Waals surface area (Å²) in [5.41, 5.74) is 0.671. The molecule has 5 heteroatoms. The number of aliphatic carboxylic acids is 1. The molecule has 17 heavy (non-hydrogen) atoms. The van der Waals surface area contributed by atoms with Gasteiger partial charge in [0.1, 0.15) is 0 Å². The molecule has 3 nitrogen and oxygen atoms in total. The Morgan fingerprint density at radius 1 is 1.35 bits per heavy atom. The molecule has 1 N–H and O–H groups in total. The number of nitrogens with zero attached hydrogens (tertiary/aromatic N) is 1. The van der Waals surface area contributed by atoms with E-state index in [1.807, 2.05) is 0 Å². The van der Waals surface area contributed by atoms with Crippen molar-refractivity contribution in [2.24, 2.45) is 0 Å². The lowest BCUT2D eigenvalue weighted by atomic mass is 10.1. The molecule has 86 valence electrons. The highest BCUT2D eigenvalue weighted by Gasteiger charge is 2.07. The molecule has 0 unspecified atom stereocenters. The second-order valence-corrected chi connectivity index (χ2v) is 4.14. The summed E-state index contributed by atoms with van der Waals surface area (Å²) in [4.78, 5) is 14.5. The maximum absolute atomic E-state index is 10.5. The van der Waals surface area contributed by atoms with E-state index in [0.29, 0.717) is 15.6 Å². The van der Waals surface area contributed by atoms with Gasteiger partial charge in [-0.1, -0.05) is 23.2 Å². The third kappa shape index (κ3) is 2.40. The fourth-order valence-electron chi connectivity index (χ4n) is 1.52. The fraction of sp³-hybridized carbons (Fsp3) is 0. The number of rotatable bonds is 2. The average Bonchev–Trinajstić information content (AvgIpc) is 2.32. The second-order valence-electron chi connectivity index (χ2n) is 3.35. The highest BCUT2D eigenvalue weighted by Crippen LogP contribution is 2.33. The molecule has 0 saturated carbocycles. The molecular formula is C12H7Cl2NO2. The first kappa shape index (κ1) is 11.9. The van der Waals surface area contributed by atoms with Crippen LogP contribution in [0.5, 0.6) is 0 Å². The summed E-state index contributed by atoms with van der Waals surface area (Å²) in [6.07, 6.45) is 5.74. The third-order valence-electron chi connectivity index (χ3n) is 2.27. The van der Waals surface area contributed by atoms with Gasteiger partial charge in [-0.15, -0.1) is 0 Å². The summed E-state index contributed by atoms with van der Waals surface area (Å²) in [5, 5.41) is 10.9. The van der Waals surface area contributed by atoms with Gasteiger partial charge in [0.2, 0.25) is 0 Å². The van der Waals surface area contributed by atoms with E-state index < -0.39 is 5.97 Å². The zero-order chi connectivity index (χ0) is 12.4. The van der Waals surface area contributed by atoms with Crippen LogP contribution in [0.25, 0.3) is 16.8 Å². The number of fused-ring (bicyclic) bond motifs is 1. The van der Waals surface area contributed by atoms with Crippen LogP contribution in [0, 0.1) is 0 Å². The maximum atomic E-state index is 10.5. The molecule has 0 amide bonds. The molecule has 0 saturated heterocycles. The third-order valence-corrected chi connectivity index (χ3v) is 3.07. The van der Waals surface area contributed by atoms with Gasteiger partial charge in [-0.05, 0) is 23.8 Å². The summed E-state index contributed by atoms with van der Waals surface area (Å²) in [6, 6.07) is 3.36. The van der Waals surface area contributed by atoms with Gasteiger partial charge < -0.3 is 5.11 Å². The van der Waals surface area contributed by atoms with Gasteiger partial charge in [0.15, 0.2) is 0 Å². The van der Waals surface area contributed by atoms with Crippen molar-refractivity contribution in [2.75, 3.05) is 0 Å². The summed E-state index contributed by atoms with van der Waals surface area (Å²) in [6.45, 7) is 0. The van der Waals surface area contributed by atoms with Gasteiger partial charge in [0.25, 0.3) is 0 Å². The van der Waals surface area contributed by atoms with Crippen LogP contribution in [0.15, 0.2) is 30.6 Å². The van der Waals surface area contributed by atoms with Crippen molar-refractivity contribution in [3.05, 3.63) is 46.2 Å². The lowest BCUT2D eigenvalue weighted by molar-refractivity contribution is -0.131. The van der Waals surface area contributed by atoms with E-state index in [0.717, 1.165) is 16.8 Å². The summed E-state index contributed by atoms with van der Waals surface area (Å²) < 4.78 is 0. The van der Waals surface area contributed by atoms with E-state index in [-0.39, 0.29) is 0 Å². The van der Waals surface area contributed by atoms with Crippen LogP contribution >= 0.6 is 23.2 Å². The van der Waals surface area contributed by atoms with Crippen LogP contribution in [0.1, 0.15) is 5.56 Å². The molecule has 0 fully saturated rings. The SMILES string of the molecule is O=C(O)/C=C/c1cc(Cl)c(Cl)c2ccncc12. The van der Waals surface area contributed by atoms with Gasteiger partial charge in [0.05, 0.1) is 10.0 Å². The van der Waals surface area contributed by atoms with Crippen molar-refractivity contribution in [2.45, 2.75) is 0 Å². The van der Waals surface area contributed by atoms with Gasteiger partial charge >= 0.3 is 5.97 Å². The Bertz CT molecular complexity index is 623. The molecule has 0 aliphatic rings. The molecule has 1 heterocycles. The Morgan fingerprint density at radius 3 is 2.82 bits per heavy atom. The highest BCUT2D eigenvalue weighted by molar-refractivity contribution is 6.45. The first-order valence-electron chi connectivity index (χ1n) is 4.72. The minimum atomic E-state index is -1.02. The molecule has 0 aliphatic carbocycles. The van der Waals surface area contributed by atoms with E-state index in [2.05, 4.69) is 4.98 Å². The Morgan fingerprint density at radius 2 is 2.12 bits per heavy atom.